The molecule has 134 valence electrons. The highest BCUT2D eigenvalue weighted by Crippen LogP contribution is 2.26. The molecule has 0 aliphatic heterocycles. The third-order valence-electron chi connectivity index (χ3n) is 4.03. The molecule has 0 heterocycles. The van der Waals surface area contributed by atoms with Crippen LogP contribution in [0, 0.1) is 6.92 Å². The first kappa shape index (κ1) is 18.8. The minimum Gasteiger partial charge on any atom is -0.496 e. The maximum Gasteiger partial charge on any atom is 0.255 e. The van der Waals surface area contributed by atoms with Gasteiger partial charge in [-0.3, -0.25) is 4.79 Å². The molecule has 1 atom stereocenters. The molecule has 25 heavy (non-hydrogen) atoms. The van der Waals surface area contributed by atoms with E-state index < -0.39 is 0 Å². The number of carbonyl (C=O) groups is 1. The van der Waals surface area contributed by atoms with E-state index in [1.54, 1.807) is 13.2 Å². The molecule has 1 unspecified atom stereocenters. The van der Waals surface area contributed by atoms with Gasteiger partial charge in [0.05, 0.1) is 24.8 Å². The summed E-state index contributed by atoms with van der Waals surface area (Å²) >= 11 is 0. The summed E-state index contributed by atoms with van der Waals surface area (Å²) in [6.45, 7) is 7.96. The second kappa shape index (κ2) is 8.56. The lowest BCUT2D eigenvalue weighted by molar-refractivity contribution is 0.0929. The molecule has 4 heteroatoms. The van der Waals surface area contributed by atoms with Gasteiger partial charge in [0.15, 0.2) is 0 Å². The van der Waals surface area contributed by atoms with Crippen molar-refractivity contribution in [3.8, 4) is 11.5 Å². The first-order chi connectivity index (χ1) is 12.0. The zero-order valence-corrected chi connectivity index (χ0v) is 15.6. The van der Waals surface area contributed by atoms with E-state index in [1.165, 1.54) is 0 Å². The summed E-state index contributed by atoms with van der Waals surface area (Å²) in [5.41, 5.74) is 2.67. The van der Waals surface area contributed by atoms with Crippen LogP contribution in [0.2, 0.25) is 0 Å². The molecule has 0 spiro atoms. The Bertz CT molecular complexity index is 725. The molecule has 0 aliphatic rings. The number of rotatable bonds is 7. The molecule has 0 aliphatic carbocycles. The SMILES string of the molecule is CCC(NC(=O)c1ccccc1OC(C)C)c1ccc(OC)c(C)c1. The van der Waals surface area contributed by atoms with Gasteiger partial charge >= 0.3 is 0 Å². The molecule has 0 bridgehead atoms. The van der Waals surface area contributed by atoms with Crippen LogP contribution >= 0.6 is 0 Å². The number of methoxy groups -OCH3 is 1. The Balaban J connectivity index is 2.22. The summed E-state index contributed by atoms with van der Waals surface area (Å²) in [4.78, 5) is 12.8. The summed E-state index contributed by atoms with van der Waals surface area (Å²) < 4.78 is 11.1. The van der Waals surface area contributed by atoms with E-state index in [0.717, 1.165) is 23.3 Å². The van der Waals surface area contributed by atoms with Crippen molar-refractivity contribution in [2.45, 2.75) is 46.3 Å². The second-order valence-electron chi connectivity index (χ2n) is 6.33. The van der Waals surface area contributed by atoms with Crippen LogP contribution < -0.4 is 14.8 Å². The number of benzene rings is 2. The molecule has 1 N–H and O–H groups in total. The quantitative estimate of drug-likeness (QED) is 0.796. The predicted molar refractivity (Wildman–Crippen MR) is 100 cm³/mol. The number of aryl methyl sites for hydroxylation is 1. The van der Waals surface area contributed by atoms with E-state index in [1.807, 2.05) is 51.1 Å². The molecule has 2 aromatic carbocycles. The maximum absolute atomic E-state index is 12.8. The van der Waals surface area contributed by atoms with Crippen LogP contribution in [0.4, 0.5) is 0 Å². The van der Waals surface area contributed by atoms with E-state index in [0.29, 0.717) is 11.3 Å². The average Bonchev–Trinajstić information content (AvgIpc) is 2.59. The Morgan fingerprint density at radius 2 is 1.84 bits per heavy atom. The molecule has 0 saturated carbocycles. The number of amides is 1. The van der Waals surface area contributed by atoms with Crippen LogP contribution in [-0.2, 0) is 0 Å². The first-order valence-electron chi connectivity index (χ1n) is 8.67. The first-order valence-corrected chi connectivity index (χ1v) is 8.67. The standard InChI is InChI=1S/C21H27NO3/c1-6-18(16-11-12-19(24-5)15(4)13-16)22-21(23)17-9-7-8-10-20(17)25-14(2)3/h7-14,18H,6H2,1-5H3,(H,22,23). The van der Waals surface area contributed by atoms with Gasteiger partial charge in [0.1, 0.15) is 11.5 Å². The number of para-hydroxylation sites is 1. The number of ether oxygens (including phenoxy) is 2. The van der Waals surface area contributed by atoms with Crippen LogP contribution in [0.3, 0.4) is 0 Å². The Morgan fingerprint density at radius 1 is 1.12 bits per heavy atom. The lowest BCUT2D eigenvalue weighted by Gasteiger charge is -2.20. The van der Waals surface area contributed by atoms with Crippen molar-refractivity contribution in [2.24, 2.45) is 0 Å². The third-order valence-corrected chi connectivity index (χ3v) is 4.03. The second-order valence-corrected chi connectivity index (χ2v) is 6.33. The van der Waals surface area contributed by atoms with Gasteiger partial charge in [-0.15, -0.1) is 0 Å². The Kier molecular flexibility index (Phi) is 6.45. The minimum atomic E-state index is -0.128. The van der Waals surface area contributed by atoms with Crippen molar-refractivity contribution in [3.63, 3.8) is 0 Å². The predicted octanol–water partition coefficient (Wildman–Crippen LogP) is 4.67. The zero-order chi connectivity index (χ0) is 18.4. The van der Waals surface area contributed by atoms with E-state index >= 15 is 0 Å². The lowest BCUT2D eigenvalue weighted by Crippen LogP contribution is -2.29. The zero-order valence-electron chi connectivity index (χ0n) is 15.6. The van der Waals surface area contributed by atoms with Crippen molar-refractivity contribution in [3.05, 3.63) is 59.2 Å². The smallest absolute Gasteiger partial charge is 0.255 e. The minimum absolute atomic E-state index is 0.0140. The summed E-state index contributed by atoms with van der Waals surface area (Å²) in [5, 5.41) is 3.12. The molecule has 0 saturated heterocycles. The highest BCUT2D eigenvalue weighted by Gasteiger charge is 2.18. The fourth-order valence-corrected chi connectivity index (χ4v) is 2.79. The van der Waals surface area contributed by atoms with Gasteiger partial charge < -0.3 is 14.8 Å². The van der Waals surface area contributed by atoms with Gasteiger partial charge in [0.25, 0.3) is 5.91 Å². The summed E-state index contributed by atoms with van der Waals surface area (Å²) in [6, 6.07) is 13.3. The molecule has 0 aromatic heterocycles. The maximum atomic E-state index is 12.8. The van der Waals surface area contributed by atoms with Crippen molar-refractivity contribution in [2.75, 3.05) is 7.11 Å². The highest BCUT2D eigenvalue weighted by molar-refractivity contribution is 5.97. The third kappa shape index (κ3) is 4.75. The van der Waals surface area contributed by atoms with Gasteiger partial charge in [-0.2, -0.15) is 0 Å². The van der Waals surface area contributed by atoms with E-state index in [2.05, 4.69) is 18.3 Å². The molecule has 0 fully saturated rings. The van der Waals surface area contributed by atoms with Gasteiger partial charge in [-0.05, 0) is 56.5 Å². The van der Waals surface area contributed by atoms with Crippen LogP contribution in [0.5, 0.6) is 11.5 Å². The average molecular weight is 341 g/mol. The van der Waals surface area contributed by atoms with Gasteiger partial charge in [-0.25, -0.2) is 0 Å². The van der Waals surface area contributed by atoms with Crippen molar-refractivity contribution in [1.82, 2.24) is 5.32 Å². The molecule has 1 amide bonds. The number of nitrogens with one attached hydrogen (secondary N) is 1. The molecular weight excluding hydrogens is 314 g/mol. The molecule has 4 nitrogen and oxygen atoms in total. The van der Waals surface area contributed by atoms with Crippen LogP contribution in [-0.4, -0.2) is 19.1 Å². The van der Waals surface area contributed by atoms with E-state index in [-0.39, 0.29) is 18.1 Å². The highest BCUT2D eigenvalue weighted by atomic mass is 16.5. The Hall–Kier alpha value is -2.49. The normalized spacial score (nSPS) is 11.9. The summed E-state index contributed by atoms with van der Waals surface area (Å²) in [6.07, 6.45) is 0.810. The topological polar surface area (TPSA) is 47.6 Å². The van der Waals surface area contributed by atoms with Crippen LogP contribution in [0.25, 0.3) is 0 Å². The van der Waals surface area contributed by atoms with Crippen LogP contribution in [0.1, 0.15) is 54.7 Å². The summed E-state index contributed by atoms with van der Waals surface area (Å²) in [7, 11) is 1.66. The van der Waals surface area contributed by atoms with Crippen molar-refractivity contribution >= 4 is 5.91 Å². The number of hydrogen-bond donors (Lipinski definition) is 1. The molecule has 0 radical (unpaired) electrons. The van der Waals surface area contributed by atoms with Gasteiger partial charge in [0, 0.05) is 0 Å². The fourth-order valence-electron chi connectivity index (χ4n) is 2.79. The van der Waals surface area contributed by atoms with E-state index in [9.17, 15) is 4.79 Å². The monoisotopic (exact) mass is 341 g/mol. The molecule has 2 rings (SSSR count). The van der Waals surface area contributed by atoms with Gasteiger partial charge in [0.2, 0.25) is 0 Å². The summed E-state index contributed by atoms with van der Waals surface area (Å²) in [5.74, 6) is 1.33. The number of hydrogen-bond acceptors (Lipinski definition) is 3. The van der Waals surface area contributed by atoms with Gasteiger partial charge in [-0.1, -0.05) is 31.2 Å². The number of carbonyl (C=O) groups excluding carboxylic acids is 1. The fraction of sp³-hybridized carbons (Fsp3) is 0.381. The van der Waals surface area contributed by atoms with Crippen molar-refractivity contribution < 1.29 is 14.3 Å². The Labute approximate surface area is 150 Å². The molecule has 2 aromatic rings. The largest absolute Gasteiger partial charge is 0.496 e. The Morgan fingerprint density at radius 3 is 2.44 bits per heavy atom. The van der Waals surface area contributed by atoms with Crippen molar-refractivity contribution in [1.29, 1.82) is 0 Å². The lowest BCUT2D eigenvalue weighted by atomic mass is 10.0. The van der Waals surface area contributed by atoms with Crippen LogP contribution in [0.15, 0.2) is 42.5 Å². The van der Waals surface area contributed by atoms with E-state index in [4.69, 9.17) is 9.47 Å². The molecular formula is C21H27NO3.